The van der Waals surface area contributed by atoms with Crippen LogP contribution in [0, 0.1) is 12.8 Å². The number of sulfonamides is 1. The standard InChI is InChI=1S/C12H18BrNO2S2/c1-8-5-4-6-14(10(8)3)18(15,16)11-7-9(2)12(13)17-11/h7-8,10H,4-6H2,1-3H3. The molecule has 2 rings (SSSR count). The Morgan fingerprint density at radius 3 is 2.67 bits per heavy atom. The van der Waals surface area contributed by atoms with E-state index >= 15 is 0 Å². The Morgan fingerprint density at radius 2 is 2.11 bits per heavy atom. The van der Waals surface area contributed by atoms with E-state index in [9.17, 15) is 8.42 Å². The average molecular weight is 352 g/mol. The Morgan fingerprint density at radius 1 is 1.44 bits per heavy atom. The second-order valence-corrected chi connectivity index (χ2v) is 9.49. The summed E-state index contributed by atoms with van der Waals surface area (Å²) in [6, 6.07) is 1.85. The highest BCUT2D eigenvalue weighted by atomic mass is 79.9. The third-order valence-corrected chi connectivity index (χ3v) is 8.29. The molecular formula is C12H18BrNO2S2. The summed E-state index contributed by atoms with van der Waals surface area (Å²) in [4.78, 5) is 0. The molecule has 6 heteroatoms. The first-order chi connectivity index (χ1) is 8.34. The van der Waals surface area contributed by atoms with Gasteiger partial charge in [-0.1, -0.05) is 6.92 Å². The van der Waals surface area contributed by atoms with Gasteiger partial charge in [-0.2, -0.15) is 4.31 Å². The van der Waals surface area contributed by atoms with Crippen LogP contribution < -0.4 is 0 Å². The van der Waals surface area contributed by atoms with Gasteiger partial charge in [-0.05, 0) is 60.2 Å². The topological polar surface area (TPSA) is 37.4 Å². The third-order valence-electron chi connectivity index (χ3n) is 3.71. The van der Waals surface area contributed by atoms with Crippen molar-refractivity contribution in [2.45, 2.75) is 43.9 Å². The van der Waals surface area contributed by atoms with Gasteiger partial charge in [-0.15, -0.1) is 11.3 Å². The summed E-state index contributed by atoms with van der Waals surface area (Å²) >= 11 is 4.70. The van der Waals surface area contributed by atoms with Crippen LogP contribution in [0.5, 0.6) is 0 Å². The number of halogens is 1. The van der Waals surface area contributed by atoms with Gasteiger partial charge < -0.3 is 0 Å². The zero-order valence-electron chi connectivity index (χ0n) is 10.8. The molecule has 0 bridgehead atoms. The second-order valence-electron chi connectivity index (χ2n) is 5.00. The summed E-state index contributed by atoms with van der Waals surface area (Å²) in [7, 11) is -3.32. The average Bonchev–Trinajstić information content (AvgIpc) is 2.63. The molecule has 3 nitrogen and oxygen atoms in total. The molecule has 0 saturated carbocycles. The van der Waals surface area contributed by atoms with Crippen molar-refractivity contribution in [1.82, 2.24) is 4.31 Å². The van der Waals surface area contributed by atoms with Crippen molar-refractivity contribution in [3.05, 3.63) is 15.4 Å². The summed E-state index contributed by atoms with van der Waals surface area (Å²) in [5, 5.41) is 0. The van der Waals surface area contributed by atoms with Crippen LogP contribution >= 0.6 is 27.3 Å². The van der Waals surface area contributed by atoms with Gasteiger partial charge in [-0.25, -0.2) is 8.42 Å². The van der Waals surface area contributed by atoms with Gasteiger partial charge >= 0.3 is 0 Å². The van der Waals surface area contributed by atoms with Crippen LogP contribution in [0.15, 0.2) is 14.1 Å². The number of hydrogen-bond donors (Lipinski definition) is 0. The summed E-state index contributed by atoms with van der Waals surface area (Å²) in [6.45, 7) is 6.70. The van der Waals surface area contributed by atoms with Crippen LogP contribution in [-0.2, 0) is 10.0 Å². The first-order valence-corrected chi connectivity index (χ1v) is 9.16. The largest absolute Gasteiger partial charge is 0.252 e. The smallest absolute Gasteiger partial charge is 0.206 e. The molecule has 1 fully saturated rings. The third kappa shape index (κ3) is 2.53. The van der Waals surface area contributed by atoms with Crippen molar-refractivity contribution in [3.63, 3.8) is 0 Å². The minimum absolute atomic E-state index is 0.0879. The summed E-state index contributed by atoms with van der Waals surface area (Å²) in [5.74, 6) is 0.429. The Kier molecular flexibility index (Phi) is 4.21. The van der Waals surface area contributed by atoms with Gasteiger partial charge in [0.1, 0.15) is 4.21 Å². The highest BCUT2D eigenvalue weighted by Gasteiger charge is 2.35. The van der Waals surface area contributed by atoms with Crippen LogP contribution in [0.25, 0.3) is 0 Å². The van der Waals surface area contributed by atoms with Gasteiger partial charge in [0.05, 0.1) is 3.79 Å². The maximum atomic E-state index is 12.6. The van der Waals surface area contributed by atoms with Crippen molar-refractivity contribution >= 4 is 37.3 Å². The van der Waals surface area contributed by atoms with Crippen LogP contribution in [0.1, 0.15) is 32.3 Å². The van der Waals surface area contributed by atoms with E-state index < -0.39 is 10.0 Å². The van der Waals surface area contributed by atoms with E-state index in [4.69, 9.17) is 0 Å². The molecule has 1 saturated heterocycles. The molecular weight excluding hydrogens is 334 g/mol. The second kappa shape index (κ2) is 5.23. The van der Waals surface area contributed by atoms with Crippen molar-refractivity contribution in [1.29, 1.82) is 0 Å². The number of piperidine rings is 1. The van der Waals surface area contributed by atoms with Crippen molar-refractivity contribution in [3.8, 4) is 0 Å². The van der Waals surface area contributed by atoms with E-state index in [1.165, 1.54) is 11.3 Å². The molecule has 1 aliphatic heterocycles. The summed E-state index contributed by atoms with van der Waals surface area (Å²) in [6.07, 6.45) is 2.07. The van der Waals surface area contributed by atoms with Gasteiger partial charge in [0, 0.05) is 12.6 Å². The molecule has 102 valence electrons. The molecule has 0 aromatic carbocycles. The maximum absolute atomic E-state index is 12.6. The van der Waals surface area contributed by atoms with Gasteiger partial charge in [0.25, 0.3) is 10.0 Å². The number of rotatable bonds is 2. The predicted octanol–water partition coefficient (Wildman–Crippen LogP) is 3.63. The van der Waals surface area contributed by atoms with E-state index in [0.717, 1.165) is 22.2 Å². The molecule has 2 atom stereocenters. The number of thiophene rings is 1. The van der Waals surface area contributed by atoms with Crippen LogP contribution in [0.3, 0.4) is 0 Å². The minimum atomic E-state index is -3.32. The zero-order valence-corrected chi connectivity index (χ0v) is 14.0. The molecule has 1 aromatic rings. The van der Waals surface area contributed by atoms with Gasteiger partial charge in [-0.3, -0.25) is 0 Å². The normalized spacial score (nSPS) is 26.4. The fraction of sp³-hybridized carbons (Fsp3) is 0.667. The van der Waals surface area contributed by atoms with Gasteiger partial charge in [0.2, 0.25) is 0 Å². The van der Waals surface area contributed by atoms with E-state index in [1.54, 1.807) is 10.4 Å². The lowest BCUT2D eigenvalue weighted by atomic mass is 9.94. The van der Waals surface area contributed by atoms with Crippen LogP contribution in [0.4, 0.5) is 0 Å². The van der Waals surface area contributed by atoms with E-state index in [1.807, 2.05) is 13.8 Å². The van der Waals surface area contributed by atoms with Crippen LogP contribution in [0.2, 0.25) is 0 Å². The molecule has 2 heterocycles. The fourth-order valence-corrected chi connectivity index (χ4v) is 6.43. The van der Waals surface area contributed by atoms with Crippen LogP contribution in [-0.4, -0.2) is 25.3 Å². The van der Waals surface area contributed by atoms with Crippen molar-refractivity contribution in [2.24, 2.45) is 5.92 Å². The first-order valence-electron chi connectivity index (χ1n) is 6.12. The number of aryl methyl sites for hydroxylation is 1. The Hall–Kier alpha value is 0.0900. The predicted molar refractivity (Wildman–Crippen MR) is 78.5 cm³/mol. The summed E-state index contributed by atoms with van der Waals surface area (Å²) < 4.78 is 28.3. The highest BCUT2D eigenvalue weighted by molar-refractivity contribution is 9.11. The molecule has 0 spiro atoms. The lowest BCUT2D eigenvalue weighted by molar-refractivity contribution is 0.202. The van der Waals surface area contributed by atoms with Crippen molar-refractivity contribution in [2.75, 3.05) is 6.54 Å². The Labute approximate surface area is 121 Å². The lowest BCUT2D eigenvalue weighted by Crippen LogP contribution is -2.45. The SMILES string of the molecule is Cc1cc(S(=O)(=O)N2CCCC(C)C2C)sc1Br. The first kappa shape index (κ1) is 14.5. The molecule has 18 heavy (non-hydrogen) atoms. The number of hydrogen-bond acceptors (Lipinski definition) is 3. The quantitative estimate of drug-likeness (QED) is 0.815. The zero-order chi connectivity index (χ0) is 13.5. The lowest BCUT2D eigenvalue weighted by Gasteiger charge is -2.36. The molecule has 2 unspecified atom stereocenters. The highest BCUT2D eigenvalue weighted by Crippen LogP contribution is 2.35. The van der Waals surface area contributed by atoms with Gasteiger partial charge in [0.15, 0.2) is 0 Å². The van der Waals surface area contributed by atoms with E-state index in [2.05, 4.69) is 22.9 Å². The molecule has 1 aliphatic rings. The molecule has 0 amide bonds. The maximum Gasteiger partial charge on any atom is 0.252 e. The minimum Gasteiger partial charge on any atom is -0.206 e. The number of nitrogens with zero attached hydrogens (tertiary/aromatic N) is 1. The summed E-state index contributed by atoms with van der Waals surface area (Å²) in [5.41, 5.74) is 0.983. The van der Waals surface area contributed by atoms with E-state index in [-0.39, 0.29) is 6.04 Å². The van der Waals surface area contributed by atoms with E-state index in [0.29, 0.717) is 16.7 Å². The molecule has 1 aromatic heterocycles. The Bertz CT molecular complexity index is 519. The monoisotopic (exact) mass is 351 g/mol. The molecule has 0 N–H and O–H groups in total. The molecule has 0 aliphatic carbocycles. The molecule has 0 radical (unpaired) electrons. The fourth-order valence-electron chi connectivity index (χ4n) is 2.31. The van der Waals surface area contributed by atoms with Crippen molar-refractivity contribution < 1.29 is 8.42 Å². The Balaban J connectivity index is 2.36.